The van der Waals surface area contributed by atoms with Gasteiger partial charge in [-0.3, -0.25) is 0 Å². The van der Waals surface area contributed by atoms with Crippen molar-refractivity contribution in [2.75, 3.05) is 0 Å². The van der Waals surface area contributed by atoms with Gasteiger partial charge >= 0.3 is 178 Å². The molecule has 0 aromatic heterocycles. The van der Waals surface area contributed by atoms with Crippen molar-refractivity contribution in [2.45, 2.75) is 18.5 Å². The molecule has 0 aliphatic carbocycles. The molecular formula is C21H12F9Sb. The Bertz CT molecular complexity index is 928. The van der Waals surface area contributed by atoms with Crippen LogP contribution in [0, 0.1) is 0 Å². The Morgan fingerprint density at radius 1 is 0.419 bits per heavy atom. The fraction of sp³-hybridized carbons (Fsp3) is 0.143. The van der Waals surface area contributed by atoms with Crippen LogP contribution in [0.5, 0.6) is 0 Å². The normalized spacial score (nSPS) is 13.0. The van der Waals surface area contributed by atoms with E-state index in [2.05, 4.69) is 0 Å². The van der Waals surface area contributed by atoms with Crippen molar-refractivity contribution in [3.8, 4) is 0 Å². The van der Waals surface area contributed by atoms with Gasteiger partial charge in [0.25, 0.3) is 0 Å². The Labute approximate surface area is 178 Å². The molecule has 3 aromatic carbocycles. The summed E-state index contributed by atoms with van der Waals surface area (Å²) in [5.74, 6) is 0. The zero-order chi connectivity index (χ0) is 23.0. The molecule has 0 aliphatic heterocycles. The first-order chi connectivity index (χ1) is 14.3. The molecule has 0 nitrogen and oxygen atoms in total. The molecule has 164 valence electrons. The summed E-state index contributed by atoms with van der Waals surface area (Å²) < 4.78 is 119. The minimum atomic E-state index is -4.70. The first-order valence-electron chi connectivity index (χ1n) is 8.59. The third-order valence-electron chi connectivity index (χ3n) is 4.30. The molecule has 3 rings (SSSR count). The summed E-state index contributed by atoms with van der Waals surface area (Å²) >= 11 is -3.69. The average Bonchev–Trinajstić information content (AvgIpc) is 2.67. The van der Waals surface area contributed by atoms with Crippen LogP contribution in [0.3, 0.4) is 0 Å². The monoisotopic (exact) mass is 556 g/mol. The van der Waals surface area contributed by atoms with E-state index in [1.54, 1.807) is 0 Å². The van der Waals surface area contributed by atoms with Crippen molar-refractivity contribution in [1.82, 2.24) is 0 Å². The number of benzene rings is 3. The topological polar surface area (TPSA) is 0 Å². The van der Waals surface area contributed by atoms with Crippen molar-refractivity contribution in [3.63, 3.8) is 0 Å². The van der Waals surface area contributed by atoms with E-state index in [4.69, 9.17) is 0 Å². The van der Waals surface area contributed by atoms with E-state index in [0.29, 0.717) is 0 Å². The van der Waals surface area contributed by atoms with Gasteiger partial charge in [-0.05, 0) is 0 Å². The zero-order valence-electron chi connectivity index (χ0n) is 15.3. The van der Waals surface area contributed by atoms with Crippen molar-refractivity contribution in [2.24, 2.45) is 0 Å². The van der Waals surface area contributed by atoms with E-state index < -0.39 is 55.4 Å². The molecule has 0 fully saturated rings. The second-order valence-corrected chi connectivity index (χ2v) is 12.8. The van der Waals surface area contributed by atoms with E-state index in [0.717, 1.165) is 54.6 Å². The molecule has 0 aliphatic rings. The van der Waals surface area contributed by atoms with E-state index in [1.165, 1.54) is 18.2 Å². The summed E-state index contributed by atoms with van der Waals surface area (Å²) in [6, 6.07) is 12.1. The molecule has 0 N–H and O–H groups in total. The maximum atomic E-state index is 13.2. The predicted molar refractivity (Wildman–Crippen MR) is 99.0 cm³/mol. The molecule has 10 heteroatoms. The van der Waals surface area contributed by atoms with Gasteiger partial charge in [0.2, 0.25) is 0 Å². The van der Waals surface area contributed by atoms with Crippen LogP contribution in [0.1, 0.15) is 16.7 Å². The molecule has 0 saturated carbocycles. The van der Waals surface area contributed by atoms with Crippen molar-refractivity contribution < 1.29 is 39.5 Å². The molecule has 0 unspecified atom stereocenters. The number of halogens is 9. The van der Waals surface area contributed by atoms with Crippen LogP contribution in [0.2, 0.25) is 0 Å². The Morgan fingerprint density at radius 3 is 0.903 bits per heavy atom. The molecule has 0 saturated heterocycles. The van der Waals surface area contributed by atoms with Crippen LogP contribution >= 0.6 is 0 Å². The quantitative estimate of drug-likeness (QED) is 0.305. The average molecular weight is 557 g/mol. The number of hydrogen-bond donors (Lipinski definition) is 0. The van der Waals surface area contributed by atoms with Crippen LogP contribution in [0.4, 0.5) is 39.5 Å². The van der Waals surface area contributed by atoms with E-state index in [-0.39, 0.29) is 10.5 Å². The van der Waals surface area contributed by atoms with Gasteiger partial charge in [-0.25, -0.2) is 0 Å². The summed E-state index contributed by atoms with van der Waals surface area (Å²) in [6.07, 6.45) is -14.1. The van der Waals surface area contributed by atoms with Gasteiger partial charge in [-0.15, -0.1) is 0 Å². The van der Waals surface area contributed by atoms with Gasteiger partial charge in [-0.1, -0.05) is 0 Å². The standard InChI is InChI=1S/3C7H4F3.Sb/c3*8-7(9,10)6-4-2-1-3-5-6;/h3*1-2,4-5H;. The van der Waals surface area contributed by atoms with Gasteiger partial charge in [0.05, 0.1) is 0 Å². The van der Waals surface area contributed by atoms with E-state index >= 15 is 0 Å². The summed E-state index contributed by atoms with van der Waals surface area (Å²) in [4.78, 5) is 0. The summed E-state index contributed by atoms with van der Waals surface area (Å²) in [6.45, 7) is 0. The van der Waals surface area contributed by atoms with Crippen LogP contribution < -0.4 is 10.5 Å². The molecule has 0 amide bonds. The van der Waals surface area contributed by atoms with Crippen LogP contribution in [0.15, 0.2) is 72.8 Å². The third kappa shape index (κ3) is 5.56. The van der Waals surface area contributed by atoms with Gasteiger partial charge in [0, 0.05) is 0 Å². The fourth-order valence-electron chi connectivity index (χ4n) is 2.91. The van der Waals surface area contributed by atoms with Crippen LogP contribution in [-0.4, -0.2) is 20.2 Å². The SMILES string of the molecule is FC(F)(F)c1ccc[c]([Sb]([c]2cccc(C(F)(F)F)c2)[c]2cccc(C(F)(F)F)c2)c1. The second kappa shape index (κ2) is 8.41. The zero-order valence-corrected chi connectivity index (χ0v) is 17.8. The third-order valence-corrected chi connectivity index (χ3v) is 11.1. The van der Waals surface area contributed by atoms with Crippen molar-refractivity contribution in [3.05, 3.63) is 89.5 Å². The summed E-state index contributed by atoms with van der Waals surface area (Å²) in [5, 5.41) is 0. The van der Waals surface area contributed by atoms with Crippen molar-refractivity contribution >= 4 is 30.7 Å². The molecule has 0 bridgehead atoms. The Morgan fingerprint density at radius 2 is 0.677 bits per heavy atom. The molecule has 0 spiro atoms. The first kappa shape index (κ1) is 23.5. The summed E-state index contributed by atoms with van der Waals surface area (Å²) in [5.41, 5.74) is -3.05. The molecule has 0 heterocycles. The predicted octanol–water partition coefficient (Wildman–Crippen LogP) is 5.26. The number of hydrogen-bond acceptors (Lipinski definition) is 0. The van der Waals surface area contributed by atoms with Gasteiger partial charge < -0.3 is 0 Å². The molecule has 31 heavy (non-hydrogen) atoms. The molecule has 0 atom stereocenters. The number of alkyl halides is 9. The summed E-state index contributed by atoms with van der Waals surface area (Å²) in [7, 11) is 0. The first-order valence-corrected chi connectivity index (χ1v) is 12.4. The van der Waals surface area contributed by atoms with Gasteiger partial charge in [0.1, 0.15) is 0 Å². The Hall–Kier alpha value is -2.15. The van der Waals surface area contributed by atoms with Gasteiger partial charge in [-0.2, -0.15) is 0 Å². The van der Waals surface area contributed by atoms with Crippen molar-refractivity contribution in [1.29, 1.82) is 0 Å². The van der Waals surface area contributed by atoms with Gasteiger partial charge in [0.15, 0.2) is 0 Å². The molecular weight excluding hydrogens is 545 g/mol. The van der Waals surface area contributed by atoms with E-state index in [9.17, 15) is 39.5 Å². The Kier molecular flexibility index (Phi) is 6.38. The fourth-order valence-corrected chi connectivity index (χ4v) is 9.77. The van der Waals surface area contributed by atoms with Crippen LogP contribution in [0.25, 0.3) is 0 Å². The molecule has 3 aromatic rings. The number of rotatable bonds is 3. The minimum absolute atomic E-state index is 0.0940. The Balaban J connectivity index is 2.24. The molecule has 0 radical (unpaired) electrons. The maximum absolute atomic E-state index is 13.2. The van der Waals surface area contributed by atoms with E-state index in [1.807, 2.05) is 0 Å². The second-order valence-electron chi connectivity index (χ2n) is 6.48. The van der Waals surface area contributed by atoms with Crippen LogP contribution in [-0.2, 0) is 18.5 Å².